The van der Waals surface area contributed by atoms with E-state index in [2.05, 4.69) is 6.07 Å². The summed E-state index contributed by atoms with van der Waals surface area (Å²) >= 11 is 2.04. The molecule has 1 saturated heterocycles. The van der Waals surface area contributed by atoms with Crippen molar-refractivity contribution in [2.24, 2.45) is 0 Å². The van der Waals surface area contributed by atoms with E-state index in [1.54, 1.807) is 6.92 Å². The average molecular weight is 800 g/mol. The van der Waals surface area contributed by atoms with Crippen molar-refractivity contribution in [2.75, 3.05) is 37.8 Å². The van der Waals surface area contributed by atoms with Gasteiger partial charge in [-0.15, -0.1) is 0 Å². The van der Waals surface area contributed by atoms with E-state index in [0.717, 1.165) is 29.8 Å². The number of aliphatic hydroxyl groups is 2. The van der Waals surface area contributed by atoms with Gasteiger partial charge in [0.05, 0.1) is 12.2 Å². The van der Waals surface area contributed by atoms with Crippen molar-refractivity contribution in [3.63, 3.8) is 0 Å². The fraction of sp³-hybridized carbons (Fsp3) is 0.345. The van der Waals surface area contributed by atoms with Crippen LogP contribution in [0.25, 0.3) is 0 Å². The van der Waals surface area contributed by atoms with E-state index < -0.39 is 35.7 Å². The summed E-state index contributed by atoms with van der Waals surface area (Å²) in [5.41, 5.74) is 0.249. The summed E-state index contributed by atoms with van der Waals surface area (Å²) in [4.78, 5) is 7.49. The first-order valence-corrected chi connectivity index (χ1v) is 14.6. The molecule has 6 nitrogen and oxygen atoms in total. The third-order valence-electron chi connectivity index (χ3n) is 6.83. The zero-order valence-electron chi connectivity index (χ0n) is 24.7. The van der Waals surface area contributed by atoms with Gasteiger partial charge >= 0.3 is 194 Å². The molecule has 44 heavy (non-hydrogen) atoms. The third kappa shape index (κ3) is 8.75. The number of aliphatic hydroxyl groups excluding tert-OH is 2. The summed E-state index contributed by atoms with van der Waals surface area (Å²) in [6.07, 6.45) is -9.54. The third-order valence-corrected chi connectivity index (χ3v) is 7.92. The first kappa shape index (κ1) is 35.8. The molecule has 1 heterocycles. The van der Waals surface area contributed by atoms with Gasteiger partial charge in [0.1, 0.15) is 0 Å². The molecule has 0 amide bonds. The molecule has 0 bridgehead atoms. The molecule has 0 spiro atoms. The summed E-state index contributed by atoms with van der Waals surface area (Å²) in [6, 6.07) is 20.1. The van der Waals surface area contributed by atoms with Gasteiger partial charge in [-0.1, -0.05) is 30.3 Å². The van der Waals surface area contributed by atoms with Gasteiger partial charge in [-0.2, -0.15) is 0 Å². The van der Waals surface area contributed by atoms with Gasteiger partial charge in [0.2, 0.25) is 0 Å². The van der Waals surface area contributed by atoms with Crippen molar-refractivity contribution in [3.05, 3.63) is 95.6 Å². The van der Waals surface area contributed by atoms with Crippen molar-refractivity contribution >= 4 is 29.3 Å². The van der Waals surface area contributed by atoms with Crippen molar-refractivity contribution in [1.82, 2.24) is 9.62 Å². The molecule has 0 radical (unpaired) electrons. The van der Waals surface area contributed by atoms with E-state index in [0.29, 0.717) is 21.9 Å². The Kier molecular flexibility index (Phi) is 11.9. The van der Waals surface area contributed by atoms with Crippen molar-refractivity contribution < 1.29 is 55.9 Å². The van der Waals surface area contributed by atoms with Gasteiger partial charge in [-0.05, 0) is 12.5 Å². The van der Waals surface area contributed by atoms with Crippen LogP contribution >= 0.6 is 0 Å². The zero-order valence-corrected chi connectivity index (χ0v) is 27.0. The molecule has 240 valence electrons. The van der Waals surface area contributed by atoms with Crippen molar-refractivity contribution in [1.29, 1.82) is 0 Å². The Balaban J connectivity index is 0.000000369. The first-order chi connectivity index (χ1) is 20.4. The maximum absolute atomic E-state index is 13.0. The van der Waals surface area contributed by atoms with Gasteiger partial charge in [-0.3, -0.25) is 0 Å². The summed E-state index contributed by atoms with van der Waals surface area (Å²) in [5, 5.41) is 18.6. The average Bonchev–Trinajstić information content (AvgIpc) is 3.26. The minimum absolute atomic E-state index is 0.343. The number of hydrogen-bond donors (Lipinski definition) is 2. The van der Waals surface area contributed by atoms with Crippen LogP contribution in [0.4, 0.5) is 37.7 Å². The molecule has 2 N–H and O–H groups in total. The second kappa shape index (κ2) is 14.6. The monoisotopic (exact) mass is 800 g/mol. The molecule has 0 aromatic heterocycles. The Labute approximate surface area is 265 Å². The van der Waals surface area contributed by atoms with Gasteiger partial charge in [0.15, 0.2) is 0 Å². The SMILES string of the molecule is CC(O)CC(O)c1ccccc1.CN(C)B1B(N(C)C)N(c2ccc(C(F)(F)F)cc2)[C](=[Pt])N1c1[c-]cc(C(F)(F)F)cc1. The Morgan fingerprint density at radius 3 is 1.70 bits per heavy atom. The molecular formula is C29H33B2F6N4O2Pt-. The predicted octanol–water partition coefficient (Wildman–Crippen LogP) is 5.15. The van der Waals surface area contributed by atoms with Crippen LogP contribution in [-0.4, -0.2) is 72.0 Å². The molecule has 4 rings (SSSR count). The van der Waals surface area contributed by atoms with Crippen LogP contribution in [0.1, 0.15) is 36.1 Å². The first-order valence-electron chi connectivity index (χ1n) is 13.5. The number of halogens is 6. The van der Waals surface area contributed by atoms with Gasteiger partial charge in [-0.25, -0.2) is 0 Å². The Hall–Kier alpha value is -2.63. The minimum atomic E-state index is -4.48. The molecule has 0 aliphatic carbocycles. The zero-order chi connectivity index (χ0) is 33.0. The predicted molar refractivity (Wildman–Crippen MR) is 158 cm³/mol. The number of anilines is 2. The van der Waals surface area contributed by atoms with E-state index in [9.17, 15) is 31.4 Å². The van der Waals surface area contributed by atoms with Crippen LogP contribution < -0.4 is 9.62 Å². The van der Waals surface area contributed by atoms with Crippen LogP contribution in [-0.2, 0) is 31.7 Å². The Bertz CT molecular complexity index is 1280. The molecule has 3 aromatic carbocycles. The van der Waals surface area contributed by atoms with Crippen molar-refractivity contribution in [3.8, 4) is 0 Å². The van der Waals surface area contributed by atoms with Crippen LogP contribution in [0.5, 0.6) is 0 Å². The Morgan fingerprint density at radius 1 is 0.773 bits per heavy atom. The Morgan fingerprint density at radius 2 is 1.27 bits per heavy atom. The van der Waals surface area contributed by atoms with Gasteiger partial charge < -0.3 is 10.2 Å². The van der Waals surface area contributed by atoms with E-state index in [4.69, 9.17) is 5.11 Å². The molecule has 1 aliphatic rings. The summed E-state index contributed by atoms with van der Waals surface area (Å²) in [7, 11) is 7.34. The molecule has 1 fully saturated rings. The topological polar surface area (TPSA) is 53.4 Å². The second-order valence-electron chi connectivity index (χ2n) is 10.8. The number of benzene rings is 3. The summed E-state index contributed by atoms with van der Waals surface area (Å²) in [5.74, 6) is 0. The number of hydrogen-bond acceptors (Lipinski definition) is 6. The van der Waals surface area contributed by atoms with Gasteiger partial charge in [0, 0.05) is 6.42 Å². The fourth-order valence-corrected chi connectivity index (χ4v) is 5.92. The quantitative estimate of drug-likeness (QED) is 0.196. The van der Waals surface area contributed by atoms with Gasteiger partial charge in [0.25, 0.3) is 0 Å². The van der Waals surface area contributed by atoms with Crippen LogP contribution in [0.3, 0.4) is 0 Å². The molecule has 0 saturated carbocycles. The maximum atomic E-state index is 13.0. The number of rotatable bonds is 7. The standard InChI is InChI=1S/C19H19B2F6N4.C10H14O2.Pt/c1-28(2)20-21(29(3)4)31(17-11-7-15(8-12-17)19(25,26)27)13-30(20)16-9-5-14(6-10-16)18(22,23)24;1-8(11)7-10(12)9-5-3-2-4-6-9;/h5-11H,1-4H3;2-6,8,10-12H,7H2,1H3;/q-1;;. The number of alkyl halides is 6. The summed E-state index contributed by atoms with van der Waals surface area (Å²) in [6.45, 7) is 0.976. The van der Waals surface area contributed by atoms with Crippen molar-refractivity contribution in [2.45, 2.75) is 37.9 Å². The summed E-state index contributed by atoms with van der Waals surface area (Å²) < 4.78 is 78.7. The molecule has 2 atom stereocenters. The normalized spacial score (nSPS) is 15.6. The molecule has 2 unspecified atom stereocenters. The fourth-order valence-electron chi connectivity index (χ4n) is 4.75. The molecule has 15 heteroatoms. The van der Waals surface area contributed by atoms with Crippen LogP contribution in [0, 0.1) is 6.07 Å². The van der Waals surface area contributed by atoms with E-state index >= 15 is 0 Å². The van der Waals surface area contributed by atoms with E-state index in [1.165, 1.54) is 18.2 Å². The molecular weight excluding hydrogens is 767 g/mol. The van der Waals surface area contributed by atoms with E-state index in [-0.39, 0.29) is 13.7 Å². The molecule has 3 aromatic rings. The van der Waals surface area contributed by atoms with Crippen LogP contribution in [0.15, 0.2) is 72.8 Å². The van der Waals surface area contributed by atoms with Crippen LogP contribution in [0.2, 0.25) is 0 Å². The molecule has 1 aliphatic heterocycles. The number of nitrogens with zero attached hydrogens (tertiary/aromatic N) is 4. The second-order valence-corrected chi connectivity index (χ2v) is 11.8. The van der Waals surface area contributed by atoms with E-state index in [1.807, 2.05) is 97.1 Å².